The molecule has 1 N–H and O–H groups in total. The van der Waals surface area contributed by atoms with Crippen molar-refractivity contribution in [3.8, 4) is 0 Å². The maximum absolute atomic E-state index is 3.53. The van der Waals surface area contributed by atoms with Gasteiger partial charge in [0.2, 0.25) is 0 Å². The Morgan fingerprint density at radius 2 is 2.29 bits per heavy atom. The first kappa shape index (κ1) is 10.1. The van der Waals surface area contributed by atoms with Crippen molar-refractivity contribution in [3.05, 3.63) is 29.8 Å². The Kier molecular flexibility index (Phi) is 3.49. The zero-order valence-electron chi connectivity index (χ0n) is 8.62. The molecule has 0 unspecified atom stereocenters. The molecular weight excluding hydrogens is 190 g/mol. The van der Waals surface area contributed by atoms with Gasteiger partial charge in [0.1, 0.15) is 0 Å². The zero-order chi connectivity index (χ0) is 9.80. The van der Waals surface area contributed by atoms with Crippen LogP contribution in [0.3, 0.4) is 0 Å². The van der Waals surface area contributed by atoms with Crippen LogP contribution >= 0.6 is 11.8 Å². The van der Waals surface area contributed by atoms with Gasteiger partial charge in [0.25, 0.3) is 0 Å². The molecular formula is C12H17NS. The normalized spacial score (nSPS) is 21.4. The molecule has 1 fully saturated rings. The second kappa shape index (κ2) is 4.85. The van der Waals surface area contributed by atoms with Gasteiger partial charge in [-0.1, -0.05) is 18.2 Å². The van der Waals surface area contributed by atoms with Gasteiger partial charge in [0.05, 0.1) is 0 Å². The lowest BCUT2D eigenvalue weighted by Crippen LogP contribution is -2.23. The van der Waals surface area contributed by atoms with E-state index in [1.165, 1.54) is 35.6 Å². The summed E-state index contributed by atoms with van der Waals surface area (Å²) in [5, 5.41) is 3.53. The SMILES string of the molecule is Cc1ccccc1SC[C@@H]1CCCN1. The number of hydrogen-bond acceptors (Lipinski definition) is 2. The first-order valence-corrected chi connectivity index (χ1v) is 6.26. The Balaban J connectivity index is 1.88. The predicted octanol–water partition coefficient (Wildman–Crippen LogP) is 2.84. The highest BCUT2D eigenvalue weighted by molar-refractivity contribution is 7.99. The molecule has 2 rings (SSSR count). The second-order valence-electron chi connectivity index (χ2n) is 3.87. The fourth-order valence-corrected chi connectivity index (χ4v) is 2.94. The van der Waals surface area contributed by atoms with Crippen LogP contribution in [-0.4, -0.2) is 18.3 Å². The van der Waals surface area contributed by atoms with E-state index in [1.54, 1.807) is 0 Å². The highest BCUT2D eigenvalue weighted by Crippen LogP contribution is 2.24. The van der Waals surface area contributed by atoms with Gasteiger partial charge in [-0.2, -0.15) is 0 Å². The van der Waals surface area contributed by atoms with E-state index < -0.39 is 0 Å². The maximum Gasteiger partial charge on any atom is 0.0162 e. The molecule has 1 saturated heterocycles. The van der Waals surface area contributed by atoms with Gasteiger partial charge in [-0.05, 0) is 37.9 Å². The predicted molar refractivity (Wildman–Crippen MR) is 62.9 cm³/mol. The molecule has 0 radical (unpaired) electrons. The van der Waals surface area contributed by atoms with Crippen molar-refractivity contribution in [1.29, 1.82) is 0 Å². The van der Waals surface area contributed by atoms with Crippen molar-refractivity contribution >= 4 is 11.8 Å². The van der Waals surface area contributed by atoms with Gasteiger partial charge in [-0.3, -0.25) is 0 Å². The van der Waals surface area contributed by atoms with Crippen molar-refractivity contribution in [3.63, 3.8) is 0 Å². The Bertz CT molecular complexity index is 292. The molecule has 1 aromatic rings. The van der Waals surface area contributed by atoms with Crippen molar-refractivity contribution in [2.45, 2.75) is 30.7 Å². The minimum atomic E-state index is 0.736. The Labute approximate surface area is 90.3 Å². The third-order valence-electron chi connectivity index (χ3n) is 2.70. The van der Waals surface area contributed by atoms with E-state index in [4.69, 9.17) is 0 Å². The van der Waals surface area contributed by atoms with Crippen LogP contribution in [0.4, 0.5) is 0 Å². The smallest absolute Gasteiger partial charge is 0.0162 e. The van der Waals surface area contributed by atoms with Crippen LogP contribution in [0, 0.1) is 6.92 Å². The summed E-state index contributed by atoms with van der Waals surface area (Å²) < 4.78 is 0. The highest BCUT2D eigenvalue weighted by Gasteiger charge is 2.13. The van der Waals surface area contributed by atoms with Crippen LogP contribution in [0.5, 0.6) is 0 Å². The molecule has 0 bridgehead atoms. The van der Waals surface area contributed by atoms with Gasteiger partial charge < -0.3 is 5.32 Å². The van der Waals surface area contributed by atoms with Crippen LogP contribution in [0.2, 0.25) is 0 Å². The summed E-state index contributed by atoms with van der Waals surface area (Å²) in [6.45, 7) is 3.39. The van der Waals surface area contributed by atoms with Crippen molar-refractivity contribution in [2.75, 3.05) is 12.3 Å². The lowest BCUT2D eigenvalue weighted by molar-refractivity contribution is 0.674. The third-order valence-corrected chi connectivity index (χ3v) is 4.03. The Morgan fingerprint density at radius 1 is 1.43 bits per heavy atom. The Hall–Kier alpha value is -0.470. The Morgan fingerprint density at radius 3 is 3.00 bits per heavy atom. The van der Waals surface area contributed by atoms with Crippen LogP contribution in [-0.2, 0) is 0 Å². The molecule has 0 aromatic heterocycles. The van der Waals surface area contributed by atoms with Crippen molar-refractivity contribution < 1.29 is 0 Å². The number of thioether (sulfide) groups is 1. The average Bonchev–Trinajstić information content (AvgIpc) is 2.69. The molecule has 1 heterocycles. The molecule has 0 amide bonds. The minimum absolute atomic E-state index is 0.736. The fourth-order valence-electron chi connectivity index (χ4n) is 1.81. The van der Waals surface area contributed by atoms with Crippen LogP contribution in [0.1, 0.15) is 18.4 Å². The fraction of sp³-hybridized carbons (Fsp3) is 0.500. The number of nitrogens with one attached hydrogen (secondary N) is 1. The number of benzene rings is 1. The van der Waals surface area contributed by atoms with Gasteiger partial charge in [-0.25, -0.2) is 0 Å². The molecule has 2 heteroatoms. The highest BCUT2D eigenvalue weighted by atomic mass is 32.2. The largest absolute Gasteiger partial charge is 0.313 e. The molecule has 76 valence electrons. The molecule has 14 heavy (non-hydrogen) atoms. The van der Waals surface area contributed by atoms with E-state index in [-0.39, 0.29) is 0 Å². The first-order valence-electron chi connectivity index (χ1n) is 5.28. The average molecular weight is 207 g/mol. The van der Waals surface area contributed by atoms with Gasteiger partial charge >= 0.3 is 0 Å². The quantitative estimate of drug-likeness (QED) is 0.765. The number of aryl methyl sites for hydroxylation is 1. The van der Waals surface area contributed by atoms with Gasteiger partial charge in [0.15, 0.2) is 0 Å². The molecule has 0 spiro atoms. The molecule has 1 aliphatic rings. The molecule has 1 aliphatic heterocycles. The van der Waals surface area contributed by atoms with E-state index >= 15 is 0 Å². The second-order valence-corrected chi connectivity index (χ2v) is 4.93. The van der Waals surface area contributed by atoms with E-state index in [2.05, 4.69) is 36.5 Å². The summed E-state index contributed by atoms with van der Waals surface area (Å²) in [7, 11) is 0. The zero-order valence-corrected chi connectivity index (χ0v) is 9.44. The third kappa shape index (κ3) is 2.52. The van der Waals surface area contributed by atoms with Crippen LogP contribution < -0.4 is 5.32 Å². The number of rotatable bonds is 3. The van der Waals surface area contributed by atoms with E-state index in [1.807, 2.05) is 11.8 Å². The van der Waals surface area contributed by atoms with E-state index in [9.17, 15) is 0 Å². The number of hydrogen-bond donors (Lipinski definition) is 1. The molecule has 0 aliphatic carbocycles. The van der Waals surface area contributed by atoms with Gasteiger partial charge in [-0.15, -0.1) is 11.8 Å². The van der Waals surface area contributed by atoms with E-state index in [0.717, 1.165) is 6.04 Å². The standard InChI is InChI=1S/C12H17NS/c1-10-5-2-3-7-12(10)14-9-11-6-4-8-13-11/h2-3,5,7,11,13H,4,6,8-9H2,1H3/t11-/m0/s1. The summed E-state index contributed by atoms with van der Waals surface area (Å²) in [6.07, 6.45) is 2.69. The first-order chi connectivity index (χ1) is 6.86. The van der Waals surface area contributed by atoms with Crippen molar-refractivity contribution in [1.82, 2.24) is 5.32 Å². The molecule has 0 saturated carbocycles. The lowest BCUT2D eigenvalue weighted by Gasteiger charge is -2.10. The summed E-state index contributed by atoms with van der Waals surface area (Å²) in [5.41, 5.74) is 1.40. The minimum Gasteiger partial charge on any atom is -0.313 e. The topological polar surface area (TPSA) is 12.0 Å². The van der Waals surface area contributed by atoms with Crippen molar-refractivity contribution in [2.24, 2.45) is 0 Å². The summed E-state index contributed by atoms with van der Waals surface area (Å²) >= 11 is 1.98. The van der Waals surface area contributed by atoms with E-state index in [0.29, 0.717) is 0 Å². The maximum atomic E-state index is 3.53. The summed E-state index contributed by atoms with van der Waals surface area (Å²) in [4.78, 5) is 1.43. The summed E-state index contributed by atoms with van der Waals surface area (Å²) in [5.74, 6) is 1.21. The summed E-state index contributed by atoms with van der Waals surface area (Å²) in [6, 6.07) is 9.36. The lowest BCUT2D eigenvalue weighted by atomic mass is 10.2. The van der Waals surface area contributed by atoms with Gasteiger partial charge in [0, 0.05) is 16.7 Å². The monoisotopic (exact) mass is 207 g/mol. The molecule has 1 atom stereocenters. The van der Waals surface area contributed by atoms with Crippen LogP contribution in [0.25, 0.3) is 0 Å². The van der Waals surface area contributed by atoms with Crippen LogP contribution in [0.15, 0.2) is 29.2 Å². The molecule has 1 aromatic carbocycles. The molecule has 1 nitrogen and oxygen atoms in total.